The first kappa shape index (κ1) is 16.2. The molecule has 128 valence electrons. The maximum absolute atomic E-state index is 13.9. The monoisotopic (exact) mass is 382 g/mol. The summed E-state index contributed by atoms with van der Waals surface area (Å²) in [5.41, 5.74) is -0.0761. The van der Waals surface area contributed by atoms with Gasteiger partial charge in [-0.2, -0.15) is 22.8 Å². The molecule has 0 aliphatic carbocycles. The van der Waals surface area contributed by atoms with Crippen LogP contribution in [0.1, 0.15) is 5.56 Å². The van der Waals surface area contributed by atoms with Gasteiger partial charge < -0.3 is 5.32 Å². The molecule has 0 saturated carbocycles. The third kappa shape index (κ3) is 2.52. The Labute approximate surface area is 147 Å². The topological polar surface area (TPSA) is 59.8 Å². The Balaban J connectivity index is 1.85. The number of amides is 1. The second kappa shape index (κ2) is 5.60. The van der Waals surface area contributed by atoms with E-state index in [0.29, 0.717) is 16.6 Å². The van der Waals surface area contributed by atoms with Crippen molar-refractivity contribution in [2.24, 2.45) is 0 Å². The van der Waals surface area contributed by atoms with E-state index in [0.717, 1.165) is 4.68 Å². The second-order valence-electron chi connectivity index (χ2n) is 5.18. The lowest BCUT2D eigenvalue weighted by molar-refractivity contribution is -0.168. The smallest absolute Gasteiger partial charge is 0.309 e. The Kier molecular flexibility index (Phi) is 3.62. The standard InChI is InChI=1S/C15H9F3N4OS2/c16-15(17,18)14(9-5-2-1-3-6-9)20-12(23)22-13(25-14)19-11(21-22)10-7-4-8-24-10/h1-8H,(H,20,23). The summed E-state index contributed by atoms with van der Waals surface area (Å²) in [5, 5.41) is 7.79. The predicted molar refractivity (Wildman–Crippen MR) is 87.3 cm³/mol. The number of aromatic nitrogens is 3. The van der Waals surface area contributed by atoms with Crippen molar-refractivity contribution in [2.75, 3.05) is 0 Å². The van der Waals surface area contributed by atoms with Crippen LogP contribution < -0.4 is 5.32 Å². The van der Waals surface area contributed by atoms with Gasteiger partial charge in [0.2, 0.25) is 4.87 Å². The molecule has 3 aromatic rings. The van der Waals surface area contributed by atoms with Crippen LogP contribution >= 0.6 is 23.1 Å². The summed E-state index contributed by atoms with van der Waals surface area (Å²) in [7, 11) is 0. The number of alkyl halides is 3. The minimum Gasteiger partial charge on any atom is -0.309 e. The molecule has 1 aliphatic heterocycles. The second-order valence-corrected chi connectivity index (χ2v) is 7.31. The molecule has 0 bridgehead atoms. The third-order valence-corrected chi connectivity index (χ3v) is 5.81. The highest BCUT2D eigenvalue weighted by Gasteiger charge is 2.61. The van der Waals surface area contributed by atoms with E-state index in [-0.39, 0.29) is 16.5 Å². The van der Waals surface area contributed by atoms with Crippen LogP contribution in [0.3, 0.4) is 0 Å². The molecular formula is C15H9F3N4OS2. The van der Waals surface area contributed by atoms with Gasteiger partial charge in [-0.25, -0.2) is 4.79 Å². The number of thiophene rings is 1. The maximum atomic E-state index is 13.9. The Bertz CT molecular complexity index is 924. The van der Waals surface area contributed by atoms with Crippen molar-refractivity contribution in [2.45, 2.75) is 16.2 Å². The zero-order valence-electron chi connectivity index (χ0n) is 12.3. The fourth-order valence-corrected chi connectivity index (χ4v) is 4.25. The third-order valence-electron chi connectivity index (χ3n) is 3.62. The van der Waals surface area contributed by atoms with Crippen LogP contribution in [0.4, 0.5) is 18.0 Å². The quantitative estimate of drug-likeness (QED) is 0.725. The summed E-state index contributed by atoms with van der Waals surface area (Å²) < 4.78 is 42.7. The first-order valence-corrected chi connectivity index (χ1v) is 8.75. The maximum Gasteiger partial charge on any atom is 0.425 e. The SMILES string of the molecule is O=C1NC(c2ccccc2)(C(F)(F)F)Sc2nc(-c3cccs3)nn21. The molecule has 1 N–H and O–H groups in total. The van der Waals surface area contributed by atoms with E-state index in [1.165, 1.54) is 35.6 Å². The number of thioether (sulfide) groups is 1. The molecule has 3 heterocycles. The van der Waals surface area contributed by atoms with E-state index >= 15 is 0 Å². The van der Waals surface area contributed by atoms with Crippen LogP contribution in [0.25, 0.3) is 10.7 Å². The summed E-state index contributed by atoms with van der Waals surface area (Å²) in [6, 6.07) is 9.79. The first-order valence-electron chi connectivity index (χ1n) is 7.05. The number of carbonyl (C=O) groups excluding carboxylic acids is 1. The van der Waals surface area contributed by atoms with Gasteiger partial charge in [0.25, 0.3) is 0 Å². The van der Waals surface area contributed by atoms with Crippen molar-refractivity contribution in [3.05, 3.63) is 53.4 Å². The Morgan fingerprint density at radius 1 is 1.12 bits per heavy atom. The van der Waals surface area contributed by atoms with Crippen molar-refractivity contribution >= 4 is 29.1 Å². The van der Waals surface area contributed by atoms with Crippen molar-refractivity contribution in [3.63, 3.8) is 0 Å². The van der Waals surface area contributed by atoms with Gasteiger partial charge in [-0.1, -0.05) is 36.4 Å². The highest BCUT2D eigenvalue weighted by Crippen LogP contribution is 2.51. The normalized spacial score (nSPS) is 20.2. The van der Waals surface area contributed by atoms with E-state index in [2.05, 4.69) is 15.4 Å². The van der Waals surface area contributed by atoms with Crippen LogP contribution in [0.15, 0.2) is 53.0 Å². The average Bonchev–Trinajstić information content (AvgIpc) is 3.23. The van der Waals surface area contributed by atoms with Crippen molar-refractivity contribution < 1.29 is 18.0 Å². The molecule has 0 saturated heterocycles. The molecular weight excluding hydrogens is 373 g/mol. The number of halogens is 3. The van der Waals surface area contributed by atoms with Crippen molar-refractivity contribution in [3.8, 4) is 10.7 Å². The van der Waals surface area contributed by atoms with E-state index in [1.54, 1.807) is 23.6 Å². The lowest BCUT2D eigenvalue weighted by atomic mass is 10.1. The number of hydrogen-bond acceptors (Lipinski definition) is 5. The Morgan fingerprint density at radius 2 is 1.88 bits per heavy atom. The lowest BCUT2D eigenvalue weighted by Crippen LogP contribution is -2.57. The number of fused-ring (bicyclic) bond motifs is 1. The molecule has 1 unspecified atom stereocenters. The minimum atomic E-state index is -4.73. The number of carbonyl (C=O) groups is 1. The summed E-state index contributed by atoms with van der Waals surface area (Å²) >= 11 is 1.76. The van der Waals surface area contributed by atoms with Crippen LogP contribution in [-0.2, 0) is 4.87 Å². The van der Waals surface area contributed by atoms with E-state index in [4.69, 9.17) is 0 Å². The lowest BCUT2D eigenvalue weighted by Gasteiger charge is -2.37. The van der Waals surface area contributed by atoms with Gasteiger partial charge in [-0.05, 0) is 28.8 Å². The van der Waals surface area contributed by atoms with Gasteiger partial charge >= 0.3 is 12.2 Å². The van der Waals surface area contributed by atoms with E-state index < -0.39 is 17.1 Å². The van der Waals surface area contributed by atoms with Gasteiger partial charge in [0.15, 0.2) is 11.0 Å². The number of nitrogens with one attached hydrogen (secondary N) is 1. The summed E-state index contributed by atoms with van der Waals surface area (Å²) in [6.07, 6.45) is -4.73. The van der Waals surface area contributed by atoms with Crippen LogP contribution in [0.2, 0.25) is 0 Å². The van der Waals surface area contributed by atoms with Crippen molar-refractivity contribution in [1.29, 1.82) is 0 Å². The van der Waals surface area contributed by atoms with E-state index in [1.807, 2.05) is 0 Å². The Hall–Kier alpha value is -2.33. The largest absolute Gasteiger partial charge is 0.425 e. The molecule has 5 nitrogen and oxygen atoms in total. The summed E-state index contributed by atoms with van der Waals surface area (Å²) in [6.45, 7) is 0. The molecule has 25 heavy (non-hydrogen) atoms. The average molecular weight is 382 g/mol. The molecule has 1 amide bonds. The molecule has 2 aromatic heterocycles. The van der Waals surface area contributed by atoms with Gasteiger partial charge in [0.05, 0.1) is 4.88 Å². The van der Waals surface area contributed by atoms with Crippen molar-refractivity contribution in [1.82, 2.24) is 20.1 Å². The highest BCUT2D eigenvalue weighted by molar-refractivity contribution is 8.00. The Morgan fingerprint density at radius 3 is 2.52 bits per heavy atom. The number of nitrogens with zero attached hydrogens (tertiary/aromatic N) is 3. The molecule has 1 atom stereocenters. The molecule has 1 aromatic carbocycles. The van der Waals surface area contributed by atoms with Gasteiger partial charge in [0.1, 0.15) is 0 Å². The molecule has 1 aliphatic rings. The molecule has 10 heteroatoms. The minimum absolute atomic E-state index is 0.0761. The van der Waals surface area contributed by atoms with Crippen LogP contribution in [0, 0.1) is 0 Å². The van der Waals surface area contributed by atoms with Gasteiger partial charge in [0, 0.05) is 0 Å². The molecule has 4 rings (SSSR count). The summed E-state index contributed by atoms with van der Waals surface area (Å²) in [5.74, 6) is 0.221. The highest BCUT2D eigenvalue weighted by atomic mass is 32.2. The van der Waals surface area contributed by atoms with Crippen LogP contribution in [0.5, 0.6) is 0 Å². The first-order chi connectivity index (χ1) is 11.9. The predicted octanol–water partition coefficient (Wildman–Crippen LogP) is 4.09. The summed E-state index contributed by atoms with van der Waals surface area (Å²) in [4.78, 5) is 14.5. The zero-order chi connectivity index (χ0) is 17.7. The molecule has 0 fully saturated rings. The zero-order valence-corrected chi connectivity index (χ0v) is 14.0. The number of benzene rings is 1. The van der Waals surface area contributed by atoms with E-state index in [9.17, 15) is 18.0 Å². The van der Waals surface area contributed by atoms with Gasteiger partial charge in [-0.3, -0.25) is 0 Å². The number of hydrogen-bond donors (Lipinski definition) is 1. The molecule has 0 spiro atoms. The fraction of sp³-hybridized carbons (Fsp3) is 0.133. The number of rotatable bonds is 2. The van der Waals surface area contributed by atoms with Crippen LogP contribution in [-0.4, -0.2) is 27.0 Å². The fourth-order valence-electron chi connectivity index (χ4n) is 2.47. The molecule has 0 radical (unpaired) electrons. The van der Waals surface area contributed by atoms with Gasteiger partial charge in [-0.15, -0.1) is 16.4 Å².